The molecule has 0 radical (unpaired) electrons. The van der Waals surface area contributed by atoms with Gasteiger partial charge in [-0.05, 0) is 23.8 Å². The fourth-order valence-electron chi connectivity index (χ4n) is 4.46. The Labute approximate surface area is 163 Å². The molecule has 7 nitrogen and oxygen atoms in total. The first-order valence-corrected chi connectivity index (χ1v) is 9.27. The van der Waals surface area contributed by atoms with E-state index in [1.54, 1.807) is 29.0 Å². The number of anilines is 2. The summed E-state index contributed by atoms with van der Waals surface area (Å²) in [5, 5.41) is 12.7. The molecule has 0 bridgehead atoms. The molecule has 2 heterocycles. The monoisotopic (exact) mass is 381 g/mol. The van der Waals surface area contributed by atoms with Gasteiger partial charge in [0, 0.05) is 25.1 Å². The summed E-state index contributed by atoms with van der Waals surface area (Å²) in [6, 6.07) is 14.2. The third-order valence-electron chi connectivity index (χ3n) is 5.64. The number of hydrogen-bond acceptors (Lipinski definition) is 4. The van der Waals surface area contributed by atoms with E-state index in [-0.39, 0.29) is 36.5 Å². The predicted octanol–water partition coefficient (Wildman–Crippen LogP) is 2.42. The Kier molecular flexibility index (Phi) is 4.68. The Morgan fingerprint density at radius 2 is 1.89 bits per heavy atom. The zero-order chi connectivity index (χ0) is 19.8. The molecule has 0 aliphatic carbocycles. The maximum Gasteiger partial charge on any atom is 0.326 e. The summed E-state index contributed by atoms with van der Waals surface area (Å²) in [7, 11) is 1.56. The Morgan fingerprint density at radius 1 is 1.18 bits per heavy atom. The molecule has 28 heavy (non-hydrogen) atoms. The number of rotatable bonds is 3. The number of nitrogens with zero attached hydrogens (tertiary/aromatic N) is 2. The van der Waals surface area contributed by atoms with Crippen LogP contribution in [0.25, 0.3) is 0 Å². The van der Waals surface area contributed by atoms with E-state index in [4.69, 9.17) is 4.74 Å². The standard InChI is InChI=1S/C21H23N3O4/c1-13(26)24-17-11-23(21(27)22-15-8-4-6-10-19(15)28-2)16-9-5-3-7-14(16)20(17)18(24)12-25/h3-10,17-18,20,25H,11-12H2,1-2H3,(H,22,27)/t17-,18+,20+/m1/s1. The van der Waals surface area contributed by atoms with Crippen LogP contribution in [-0.4, -0.2) is 54.3 Å². The van der Waals surface area contributed by atoms with Gasteiger partial charge < -0.3 is 20.1 Å². The summed E-state index contributed by atoms with van der Waals surface area (Å²) in [5.41, 5.74) is 2.36. The molecule has 0 aromatic heterocycles. The quantitative estimate of drug-likeness (QED) is 0.856. The highest BCUT2D eigenvalue weighted by atomic mass is 16.5. The van der Waals surface area contributed by atoms with Gasteiger partial charge in [0.1, 0.15) is 5.75 Å². The van der Waals surface area contributed by atoms with Crippen molar-refractivity contribution >= 4 is 23.3 Å². The van der Waals surface area contributed by atoms with Crippen LogP contribution >= 0.6 is 0 Å². The zero-order valence-electron chi connectivity index (χ0n) is 15.8. The van der Waals surface area contributed by atoms with Crippen molar-refractivity contribution in [1.82, 2.24) is 4.90 Å². The van der Waals surface area contributed by atoms with Crippen molar-refractivity contribution in [1.29, 1.82) is 0 Å². The topological polar surface area (TPSA) is 82.1 Å². The zero-order valence-corrected chi connectivity index (χ0v) is 15.8. The number of ether oxygens (including phenoxy) is 1. The maximum atomic E-state index is 13.1. The number of aliphatic hydroxyl groups is 1. The molecule has 2 aromatic rings. The number of fused-ring (bicyclic) bond motifs is 3. The normalized spacial score (nSPS) is 22.6. The molecular weight excluding hydrogens is 358 g/mol. The smallest absolute Gasteiger partial charge is 0.326 e. The lowest BCUT2D eigenvalue weighted by molar-refractivity contribution is -0.147. The number of urea groups is 1. The summed E-state index contributed by atoms with van der Waals surface area (Å²) in [6.07, 6.45) is 0. The highest BCUT2D eigenvalue weighted by Gasteiger charge is 2.54. The van der Waals surface area contributed by atoms with E-state index in [1.807, 2.05) is 36.4 Å². The van der Waals surface area contributed by atoms with Crippen molar-refractivity contribution < 1.29 is 19.4 Å². The van der Waals surface area contributed by atoms with Gasteiger partial charge in [0.25, 0.3) is 0 Å². The van der Waals surface area contributed by atoms with Crippen LogP contribution in [-0.2, 0) is 4.79 Å². The SMILES string of the molecule is COc1ccccc1NC(=O)N1C[C@@H]2[C@H](c3ccccc31)[C@H](CO)N2C(C)=O. The Balaban J connectivity index is 1.67. The van der Waals surface area contributed by atoms with Crippen molar-refractivity contribution in [2.75, 3.05) is 30.5 Å². The van der Waals surface area contributed by atoms with Crippen LogP contribution in [0.3, 0.4) is 0 Å². The fourth-order valence-corrected chi connectivity index (χ4v) is 4.46. The lowest BCUT2D eigenvalue weighted by Gasteiger charge is -2.58. The van der Waals surface area contributed by atoms with Gasteiger partial charge >= 0.3 is 6.03 Å². The molecule has 4 rings (SSSR count). The average molecular weight is 381 g/mol. The number of methoxy groups -OCH3 is 1. The van der Waals surface area contributed by atoms with Crippen LogP contribution in [0.5, 0.6) is 5.75 Å². The first-order valence-electron chi connectivity index (χ1n) is 9.27. The molecule has 1 saturated heterocycles. The van der Waals surface area contributed by atoms with Crippen molar-refractivity contribution in [3.05, 3.63) is 54.1 Å². The minimum atomic E-state index is -0.286. The molecular formula is C21H23N3O4. The van der Waals surface area contributed by atoms with Crippen LogP contribution in [0.2, 0.25) is 0 Å². The highest BCUT2D eigenvalue weighted by molar-refractivity contribution is 6.03. The van der Waals surface area contributed by atoms with Gasteiger partial charge in [0.15, 0.2) is 0 Å². The first kappa shape index (κ1) is 18.3. The van der Waals surface area contributed by atoms with Crippen LogP contribution in [0.4, 0.5) is 16.2 Å². The predicted molar refractivity (Wildman–Crippen MR) is 106 cm³/mol. The Hall–Kier alpha value is -3.06. The van der Waals surface area contributed by atoms with Gasteiger partial charge in [-0.25, -0.2) is 4.79 Å². The Bertz CT molecular complexity index is 916. The third-order valence-corrected chi connectivity index (χ3v) is 5.64. The molecule has 2 aromatic carbocycles. The van der Waals surface area contributed by atoms with Crippen LogP contribution in [0.1, 0.15) is 18.4 Å². The second kappa shape index (κ2) is 7.16. The molecule has 2 N–H and O–H groups in total. The van der Waals surface area contributed by atoms with Crippen LogP contribution < -0.4 is 15.0 Å². The molecule has 2 aliphatic heterocycles. The number of para-hydroxylation sites is 3. The first-order chi connectivity index (χ1) is 13.6. The third kappa shape index (κ3) is 2.79. The molecule has 1 fully saturated rings. The number of nitrogens with one attached hydrogen (secondary N) is 1. The molecule has 0 saturated carbocycles. The van der Waals surface area contributed by atoms with Gasteiger partial charge in [-0.15, -0.1) is 0 Å². The van der Waals surface area contributed by atoms with E-state index in [1.165, 1.54) is 6.92 Å². The van der Waals surface area contributed by atoms with Crippen LogP contribution in [0, 0.1) is 0 Å². The minimum Gasteiger partial charge on any atom is -0.495 e. The summed E-state index contributed by atoms with van der Waals surface area (Å²) in [4.78, 5) is 28.5. The maximum absolute atomic E-state index is 13.1. The second-order valence-electron chi connectivity index (χ2n) is 7.07. The van der Waals surface area contributed by atoms with Crippen molar-refractivity contribution in [2.45, 2.75) is 24.9 Å². The van der Waals surface area contributed by atoms with E-state index in [0.29, 0.717) is 18.0 Å². The summed E-state index contributed by atoms with van der Waals surface area (Å²) in [6.45, 7) is 1.78. The second-order valence-corrected chi connectivity index (χ2v) is 7.07. The van der Waals surface area contributed by atoms with E-state index in [9.17, 15) is 14.7 Å². The number of hydrogen-bond donors (Lipinski definition) is 2. The fraction of sp³-hybridized carbons (Fsp3) is 0.333. The lowest BCUT2D eigenvalue weighted by Crippen LogP contribution is -2.70. The molecule has 0 spiro atoms. The number of amides is 3. The number of carbonyl (C=O) groups is 2. The van der Waals surface area contributed by atoms with Gasteiger partial charge in [0.05, 0.1) is 31.5 Å². The number of benzene rings is 2. The van der Waals surface area contributed by atoms with E-state index < -0.39 is 0 Å². The Morgan fingerprint density at radius 3 is 2.61 bits per heavy atom. The molecule has 146 valence electrons. The molecule has 0 unspecified atom stereocenters. The minimum absolute atomic E-state index is 0.0282. The molecule has 3 atom stereocenters. The number of carbonyl (C=O) groups excluding carboxylic acids is 2. The number of aliphatic hydroxyl groups excluding tert-OH is 1. The largest absolute Gasteiger partial charge is 0.495 e. The van der Waals surface area contributed by atoms with Gasteiger partial charge in [-0.3, -0.25) is 9.69 Å². The van der Waals surface area contributed by atoms with Crippen molar-refractivity contribution in [2.24, 2.45) is 0 Å². The lowest BCUT2D eigenvalue weighted by atomic mass is 9.72. The molecule has 2 aliphatic rings. The van der Waals surface area contributed by atoms with Crippen LogP contribution in [0.15, 0.2) is 48.5 Å². The van der Waals surface area contributed by atoms with Gasteiger partial charge in [-0.1, -0.05) is 30.3 Å². The summed E-state index contributed by atoms with van der Waals surface area (Å²) < 4.78 is 5.32. The van der Waals surface area contributed by atoms with E-state index in [0.717, 1.165) is 11.3 Å². The van der Waals surface area contributed by atoms with Crippen molar-refractivity contribution in [3.8, 4) is 5.75 Å². The molecule has 7 heteroatoms. The number of likely N-dealkylation sites (tertiary alicyclic amines) is 1. The summed E-state index contributed by atoms with van der Waals surface area (Å²) >= 11 is 0. The summed E-state index contributed by atoms with van der Waals surface area (Å²) in [5.74, 6) is 0.513. The van der Waals surface area contributed by atoms with Crippen molar-refractivity contribution in [3.63, 3.8) is 0 Å². The van der Waals surface area contributed by atoms with Gasteiger partial charge in [0.2, 0.25) is 5.91 Å². The van der Waals surface area contributed by atoms with E-state index >= 15 is 0 Å². The molecule has 3 amide bonds. The highest BCUT2D eigenvalue weighted by Crippen LogP contribution is 2.48. The van der Waals surface area contributed by atoms with Gasteiger partial charge in [-0.2, -0.15) is 0 Å². The van der Waals surface area contributed by atoms with E-state index in [2.05, 4.69) is 5.32 Å². The average Bonchev–Trinajstić information content (AvgIpc) is 2.68.